The molecule has 3 atom stereocenters. The number of fused-ring (bicyclic) bond motifs is 12. The van der Waals surface area contributed by atoms with Crippen molar-refractivity contribution in [2.75, 3.05) is 0 Å². The van der Waals surface area contributed by atoms with Gasteiger partial charge in [0, 0.05) is 16.6 Å². The molecule has 7 rings (SSSR count). The van der Waals surface area contributed by atoms with Crippen molar-refractivity contribution in [3.8, 4) is 33.4 Å². The van der Waals surface area contributed by atoms with E-state index in [-0.39, 0.29) is 0 Å². The van der Waals surface area contributed by atoms with Crippen LogP contribution in [0.3, 0.4) is 0 Å². The minimum atomic E-state index is -1.62. The average molecular weight is 559 g/mol. The molecule has 0 saturated carbocycles. The van der Waals surface area contributed by atoms with Crippen molar-refractivity contribution in [3.63, 3.8) is 0 Å². The van der Waals surface area contributed by atoms with Crippen molar-refractivity contribution in [3.05, 3.63) is 106 Å². The van der Waals surface area contributed by atoms with Gasteiger partial charge in [-0.15, -0.1) is 0 Å². The Kier molecular flexibility index (Phi) is 5.26. The van der Waals surface area contributed by atoms with E-state index in [9.17, 15) is 0 Å². The molecule has 3 aliphatic carbocycles. The smallest absolute Gasteiger partial charge is 0.0574 e. The SMILES string of the molecule is C[Si](C)(C)[C@@H]1c2ccccc2-c2c1c1c(c3c2[C@H]([Si](C)(C)C)c2ccccc2-3)[C@H]([Si](C)(C)C)c2ccccc2-1. The van der Waals surface area contributed by atoms with Gasteiger partial charge in [0.25, 0.3) is 0 Å². The molecule has 0 heterocycles. The highest BCUT2D eigenvalue weighted by molar-refractivity contribution is 6.80. The molecule has 0 radical (unpaired) electrons. The molecular formula is C36H42Si3. The van der Waals surface area contributed by atoms with Crippen LogP contribution in [0.1, 0.15) is 50.0 Å². The standard InChI is InChI=1S/C36H42Si3/c1-37(2,3)34-25-19-13-10-16-22(25)28-31(34)29-23-17-11-14-20-26(23)35(38(4,5)6)33(29)30-24-18-12-15-21-27(24)36(32(28)30)39(7,8)9/h10-21,34-36H,1-9H3/t34-,35-,36-/m1/s1. The summed E-state index contributed by atoms with van der Waals surface area (Å²) in [6, 6.07) is 28.5. The van der Waals surface area contributed by atoms with Gasteiger partial charge in [-0.1, -0.05) is 132 Å². The fourth-order valence-electron chi connectivity index (χ4n) is 8.64. The Hall–Kier alpha value is -2.47. The lowest BCUT2D eigenvalue weighted by Crippen LogP contribution is -2.33. The maximum Gasteiger partial charge on any atom is 0.0574 e. The molecule has 0 unspecified atom stereocenters. The van der Waals surface area contributed by atoms with E-state index < -0.39 is 24.2 Å². The summed E-state index contributed by atoms with van der Waals surface area (Å²) in [6.07, 6.45) is 0. The summed E-state index contributed by atoms with van der Waals surface area (Å²) in [4.78, 5) is 0. The van der Waals surface area contributed by atoms with Crippen molar-refractivity contribution in [2.24, 2.45) is 0 Å². The van der Waals surface area contributed by atoms with E-state index in [0.717, 1.165) is 0 Å². The predicted octanol–water partition coefficient (Wildman–Crippen LogP) is 10.7. The van der Waals surface area contributed by atoms with E-state index in [1.807, 2.05) is 0 Å². The molecule has 3 heteroatoms. The lowest BCUT2D eigenvalue weighted by atomic mass is 9.86. The van der Waals surface area contributed by atoms with Crippen molar-refractivity contribution < 1.29 is 0 Å². The fourth-order valence-corrected chi connectivity index (χ4v) is 15.7. The first-order valence-corrected chi connectivity index (χ1v) is 25.6. The lowest BCUT2D eigenvalue weighted by Gasteiger charge is -2.34. The second-order valence-corrected chi connectivity index (χ2v) is 31.5. The molecule has 0 N–H and O–H groups in total. The van der Waals surface area contributed by atoms with Crippen LogP contribution in [-0.2, 0) is 0 Å². The van der Waals surface area contributed by atoms with E-state index >= 15 is 0 Å². The lowest BCUT2D eigenvalue weighted by molar-refractivity contribution is 1.08. The van der Waals surface area contributed by atoms with Gasteiger partial charge in [-0.05, 0) is 66.8 Å². The molecule has 198 valence electrons. The van der Waals surface area contributed by atoms with Gasteiger partial charge in [0.1, 0.15) is 0 Å². The monoisotopic (exact) mass is 558 g/mol. The van der Waals surface area contributed by atoms with Gasteiger partial charge in [0.05, 0.1) is 24.2 Å². The Balaban J connectivity index is 1.76. The summed E-state index contributed by atoms with van der Waals surface area (Å²) < 4.78 is 0. The van der Waals surface area contributed by atoms with Gasteiger partial charge < -0.3 is 0 Å². The molecule has 4 aromatic carbocycles. The maximum absolute atomic E-state index is 2.60. The molecular weight excluding hydrogens is 517 g/mol. The normalized spacial score (nSPS) is 20.7. The highest BCUT2D eigenvalue weighted by atomic mass is 28.3. The van der Waals surface area contributed by atoms with E-state index in [0.29, 0.717) is 16.6 Å². The second-order valence-electron chi connectivity index (χ2n) is 15.5. The summed E-state index contributed by atoms with van der Waals surface area (Å²) in [5.41, 5.74) is 21.0. The average Bonchev–Trinajstić information content (AvgIpc) is 3.48. The first-order valence-electron chi connectivity index (χ1n) is 14.8. The molecule has 0 aliphatic heterocycles. The minimum absolute atomic E-state index is 0.530. The highest BCUT2D eigenvalue weighted by Gasteiger charge is 2.52. The van der Waals surface area contributed by atoms with Crippen LogP contribution in [-0.4, -0.2) is 24.2 Å². The van der Waals surface area contributed by atoms with Crippen LogP contribution < -0.4 is 0 Å². The number of benzene rings is 4. The predicted molar refractivity (Wildman–Crippen MR) is 178 cm³/mol. The zero-order valence-corrected chi connectivity index (χ0v) is 28.2. The summed E-state index contributed by atoms with van der Waals surface area (Å²) in [6.45, 7) is 23.4. The molecule has 0 amide bonds. The first-order chi connectivity index (χ1) is 18.3. The highest BCUT2D eigenvalue weighted by Crippen LogP contribution is 2.66. The second kappa shape index (κ2) is 8.05. The Labute approximate surface area is 238 Å². The van der Waals surface area contributed by atoms with E-state index in [1.54, 1.807) is 50.1 Å². The van der Waals surface area contributed by atoms with Gasteiger partial charge >= 0.3 is 0 Å². The van der Waals surface area contributed by atoms with Crippen LogP contribution in [0.4, 0.5) is 0 Å². The van der Waals surface area contributed by atoms with E-state index in [4.69, 9.17) is 0 Å². The van der Waals surface area contributed by atoms with Crippen LogP contribution in [0, 0.1) is 0 Å². The Bertz CT molecular complexity index is 1450. The molecule has 0 fully saturated rings. The van der Waals surface area contributed by atoms with Crippen LogP contribution in [0.25, 0.3) is 33.4 Å². The third-order valence-electron chi connectivity index (χ3n) is 9.70. The number of rotatable bonds is 3. The van der Waals surface area contributed by atoms with Crippen LogP contribution >= 0.6 is 0 Å². The molecule has 0 nitrogen and oxygen atoms in total. The number of hydrogen-bond acceptors (Lipinski definition) is 0. The summed E-state index contributed by atoms with van der Waals surface area (Å²) in [5, 5.41) is 0. The summed E-state index contributed by atoms with van der Waals surface area (Å²) >= 11 is 0. The van der Waals surface area contributed by atoms with Gasteiger partial charge in [0.2, 0.25) is 0 Å². The maximum atomic E-state index is 2.60. The summed E-state index contributed by atoms with van der Waals surface area (Å²) in [7, 11) is -4.85. The molecule has 0 spiro atoms. The number of hydrogen-bond donors (Lipinski definition) is 0. The largest absolute Gasteiger partial charge is 0.0688 e. The Morgan fingerprint density at radius 1 is 0.359 bits per heavy atom. The molecule has 0 bridgehead atoms. The molecule has 0 saturated heterocycles. The van der Waals surface area contributed by atoms with Crippen molar-refractivity contribution in [2.45, 2.75) is 75.5 Å². The quantitative estimate of drug-likeness (QED) is 0.219. The van der Waals surface area contributed by atoms with Gasteiger partial charge in [-0.2, -0.15) is 0 Å². The summed E-state index contributed by atoms with van der Waals surface area (Å²) in [5.74, 6) is 0. The zero-order chi connectivity index (χ0) is 27.6. The Morgan fingerprint density at radius 3 is 0.821 bits per heavy atom. The fraction of sp³-hybridized carbons (Fsp3) is 0.333. The van der Waals surface area contributed by atoms with Gasteiger partial charge in [-0.25, -0.2) is 0 Å². The minimum Gasteiger partial charge on any atom is -0.0688 e. The van der Waals surface area contributed by atoms with Gasteiger partial charge in [-0.3, -0.25) is 0 Å². The Morgan fingerprint density at radius 2 is 0.590 bits per heavy atom. The third-order valence-corrected chi connectivity index (χ3v) is 16.7. The van der Waals surface area contributed by atoms with Crippen LogP contribution in [0.2, 0.25) is 58.9 Å². The van der Waals surface area contributed by atoms with Crippen molar-refractivity contribution in [1.82, 2.24) is 0 Å². The molecule has 39 heavy (non-hydrogen) atoms. The van der Waals surface area contributed by atoms with Crippen LogP contribution in [0.15, 0.2) is 72.8 Å². The zero-order valence-electron chi connectivity index (χ0n) is 25.2. The van der Waals surface area contributed by atoms with Crippen molar-refractivity contribution in [1.29, 1.82) is 0 Å². The molecule has 0 aromatic heterocycles. The topological polar surface area (TPSA) is 0 Å². The van der Waals surface area contributed by atoms with Crippen molar-refractivity contribution >= 4 is 24.2 Å². The third kappa shape index (κ3) is 3.39. The van der Waals surface area contributed by atoms with Gasteiger partial charge in [0.15, 0.2) is 0 Å². The molecule has 3 aliphatic rings. The van der Waals surface area contributed by atoms with Crippen LogP contribution in [0.5, 0.6) is 0 Å². The molecule has 4 aromatic rings. The first kappa shape index (κ1) is 25.5. The van der Waals surface area contributed by atoms with E-state index in [2.05, 4.69) is 132 Å². The van der Waals surface area contributed by atoms with E-state index in [1.165, 1.54) is 16.7 Å².